The molecule has 0 saturated heterocycles. The van der Waals surface area contributed by atoms with Gasteiger partial charge < -0.3 is 0 Å². The third kappa shape index (κ3) is 3.66. The van der Waals surface area contributed by atoms with E-state index in [0.717, 1.165) is 16.8 Å². The quantitative estimate of drug-likeness (QED) is 0.667. The van der Waals surface area contributed by atoms with Gasteiger partial charge in [0.05, 0.1) is 0 Å². The first kappa shape index (κ1) is 18.2. The summed E-state index contributed by atoms with van der Waals surface area (Å²) in [6.07, 6.45) is -4.81. The Kier molecular flexibility index (Phi) is 4.42. The average Bonchev–Trinajstić information content (AvgIpc) is 3.00. The molecule has 8 nitrogen and oxygen atoms in total. The van der Waals surface area contributed by atoms with E-state index in [2.05, 4.69) is 20.3 Å². The molecule has 0 saturated carbocycles. The minimum absolute atomic E-state index is 0.206. The molecule has 0 bridgehead atoms. The second kappa shape index (κ2) is 6.30. The Balaban J connectivity index is 2.16. The average molecular weight is 406 g/mol. The van der Waals surface area contributed by atoms with Gasteiger partial charge in [-0.2, -0.15) is 26.3 Å². The van der Waals surface area contributed by atoms with Gasteiger partial charge in [0.25, 0.3) is 5.82 Å². The fraction of sp³-hybridized carbons (Fsp3) is 0.0769. The van der Waals surface area contributed by atoms with Crippen LogP contribution in [0.25, 0.3) is 17.2 Å². The molecule has 2 heterocycles. The highest BCUT2D eigenvalue weighted by atomic mass is 35.5. The molecule has 1 aromatic carbocycles. The Labute approximate surface area is 149 Å². The van der Waals surface area contributed by atoms with Crippen molar-refractivity contribution in [1.82, 2.24) is 25.0 Å². The number of benzene rings is 1. The molecule has 26 heavy (non-hydrogen) atoms. The molecular formula is C13H7ClF3N5O3S. The molecule has 0 aliphatic rings. The second-order valence-corrected chi connectivity index (χ2v) is 6.69. The number of hydrogen-bond acceptors (Lipinski definition) is 6. The van der Waals surface area contributed by atoms with Gasteiger partial charge >= 0.3 is 16.3 Å². The van der Waals surface area contributed by atoms with Gasteiger partial charge in [0.1, 0.15) is 0 Å². The van der Waals surface area contributed by atoms with Crippen LogP contribution in [0.4, 0.5) is 13.2 Å². The fourth-order valence-electron chi connectivity index (χ4n) is 1.94. The maximum absolute atomic E-state index is 13.0. The van der Waals surface area contributed by atoms with Crippen LogP contribution in [-0.4, -0.2) is 37.9 Å². The van der Waals surface area contributed by atoms with Crippen LogP contribution in [-0.2, 0) is 16.3 Å². The number of alkyl halides is 3. The van der Waals surface area contributed by atoms with Crippen molar-refractivity contribution in [2.24, 2.45) is 0 Å². The Morgan fingerprint density at radius 1 is 1.04 bits per heavy atom. The van der Waals surface area contributed by atoms with Gasteiger partial charge in [0, 0.05) is 10.6 Å². The number of rotatable bonds is 3. The van der Waals surface area contributed by atoms with E-state index in [9.17, 15) is 21.6 Å². The van der Waals surface area contributed by atoms with Crippen LogP contribution in [0.5, 0.6) is 0 Å². The summed E-state index contributed by atoms with van der Waals surface area (Å²) in [4.78, 5) is 3.48. The number of nitrogens with zero attached hydrogens (tertiary/aromatic N) is 5. The fourth-order valence-corrected chi connectivity index (χ4v) is 2.45. The highest BCUT2D eigenvalue weighted by molar-refractivity contribution is 7.85. The zero-order valence-corrected chi connectivity index (χ0v) is 14.0. The SMILES string of the molecule is O=S(=O)(O)c1ccc(-n2nc(C(F)(F)F)nc2-c2ccc(Cl)cc2)nn1. The predicted molar refractivity (Wildman–Crippen MR) is 82.2 cm³/mol. The lowest BCUT2D eigenvalue weighted by Crippen LogP contribution is -2.10. The van der Waals surface area contributed by atoms with Crippen LogP contribution in [0.15, 0.2) is 41.4 Å². The van der Waals surface area contributed by atoms with Crippen LogP contribution < -0.4 is 0 Å². The van der Waals surface area contributed by atoms with Crippen molar-refractivity contribution < 1.29 is 26.1 Å². The first-order chi connectivity index (χ1) is 12.1. The summed E-state index contributed by atoms with van der Waals surface area (Å²) in [5.74, 6) is -1.85. The van der Waals surface area contributed by atoms with Gasteiger partial charge in [-0.1, -0.05) is 11.6 Å². The molecule has 0 amide bonds. The molecular weight excluding hydrogens is 399 g/mol. The first-order valence-electron chi connectivity index (χ1n) is 6.67. The molecule has 0 aliphatic carbocycles. The third-order valence-corrected chi connectivity index (χ3v) is 4.07. The lowest BCUT2D eigenvalue weighted by Gasteiger charge is -2.05. The lowest BCUT2D eigenvalue weighted by molar-refractivity contribution is -0.144. The highest BCUT2D eigenvalue weighted by Gasteiger charge is 2.37. The van der Waals surface area contributed by atoms with Crippen molar-refractivity contribution in [3.63, 3.8) is 0 Å². The Morgan fingerprint density at radius 2 is 1.69 bits per heavy atom. The molecule has 3 rings (SSSR count). The van der Waals surface area contributed by atoms with Crippen LogP contribution >= 0.6 is 11.6 Å². The Bertz CT molecular complexity index is 1050. The minimum atomic E-state index is -4.81. The van der Waals surface area contributed by atoms with Crippen LogP contribution in [0.2, 0.25) is 5.02 Å². The van der Waals surface area contributed by atoms with Gasteiger partial charge in [0.2, 0.25) is 5.03 Å². The van der Waals surface area contributed by atoms with Gasteiger partial charge in [0.15, 0.2) is 11.6 Å². The van der Waals surface area contributed by atoms with E-state index >= 15 is 0 Å². The lowest BCUT2D eigenvalue weighted by atomic mass is 10.2. The van der Waals surface area contributed by atoms with Gasteiger partial charge in [-0.3, -0.25) is 4.55 Å². The Hall–Kier alpha value is -2.57. The molecule has 0 spiro atoms. The van der Waals surface area contributed by atoms with Crippen molar-refractivity contribution in [1.29, 1.82) is 0 Å². The summed E-state index contributed by atoms with van der Waals surface area (Å²) >= 11 is 5.77. The summed E-state index contributed by atoms with van der Waals surface area (Å²) in [6, 6.07) is 7.68. The maximum Gasteiger partial charge on any atom is 0.453 e. The molecule has 2 aromatic heterocycles. The van der Waals surface area contributed by atoms with E-state index in [4.69, 9.17) is 16.2 Å². The number of halogens is 4. The van der Waals surface area contributed by atoms with Crippen molar-refractivity contribution in [3.05, 3.63) is 47.2 Å². The van der Waals surface area contributed by atoms with Crippen molar-refractivity contribution >= 4 is 21.7 Å². The molecule has 3 aromatic rings. The zero-order valence-electron chi connectivity index (χ0n) is 12.4. The van der Waals surface area contributed by atoms with E-state index in [-0.39, 0.29) is 17.2 Å². The molecule has 136 valence electrons. The van der Waals surface area contributed by atoms with Crippen molar-refractivity contribution in [3.8, 4) is 17.2 Å². The molecule has 1 N–H and O–H groups in total. The highest BCUT2D eigenvalue weighted by Crippen LogP contribution is 2.30. The molecule has 0 fully saturated rings. The molecule has 13 heteroatoms. The van der Waals surface area contributed by atoms with E-state index in [1.807, 2.05) is 0 Å². The summed E-state index contributed by atoms with van der Waals surface area (Å²) in [5, 5.41) is 9.75. The summed E-state index contributed by atoms with van der Waals surface area (Å²) in [6.45, 7) is 0. The second-order valence-electron chi connectivity index (χ2n) is 4.88. The predicted octanol–water partition coefficient (Wildman–Crippen LogP) is 2.64. The largest absolute Gasteiger partial charge is 0.453 e. The topological polar surface area (TPSA) is 111 Å². The molecule has 0 atom stereocenters. The standard InChI is InChI=1S/C13H7ClF3N5O3S/c14-8-3-1-7(2-4-8)11-18-12(13(15,16)17)21-22(11)9-5-6-10(20-19-9)26(23,24)25/h1-6H,(H,23,24,25). The molecule has 0 radical (unpaired) electrons. The zero-order chi connectivity index (χ0) is 19.1. The first-order valence-corrected chi connectivity index (χ1v) is 8.49. The van der Waals surface area contributed by atoms with E-state index in [1.54, 1.807) is 0 Å². The smallest absolute Gasteiger partial charge is 0.281 e. The summed E-state index contributed by atoms with van der Waals surface area (Å²) in [7, 11) is -4.60. The van der Waals surface area contributed by atoms with E-state index in [1.165, 1.54) is 24.3 Å². The minimum Gasteiger partial charge on any atom is -0.281 e. The summed E-state index contributed by atoms with van der Waals surface area (Å²) in [5.41, 5.74) is 0.262. The normalized spacial score (nSPS) is 12.3. The van der Waals surface area contributed by atoms with E-state index in [0.29, 0.717) is 5.02 Å². The van der Waals surface area contributed by atoms with Crippen LogP contribution in [0.3, 0.4) is 0 Å². The monoisotopic (exact) mass is 405 g/mol. The third-order valence-electron chi connectivity index (χ3n) is 3.07. The number of hydrogen-bond donors (Lipinski definition) is 1. The molecule has 0 unspecified atom stereocenters. The molecule has 0 aliphatic heterocycles. The number of aromatic nitrogens is 5. The van der Waals surface area contributed by atoms with Crippen molar-refractivity contribution in [2.75, 3.05) is 0 Å². The van der Waals surface area contributed by atoms with Crippen LogP contribution in [0, 0.1) is 0 Å². The van der Waals surface area contributed by atoms with Gasteiger partial charge in [-0.25, -0.2) is 4.98 Å². The maximum atomic E-state index is 13.0. The van der Waals surface area contributed by atoms with Gasteiger partial charge in [-0.05, 0) is 36.4 Å². The summed E-state index contributed by atoms with van der Waals surface area (Å²) < 4.78 is 70.6. The Morgan fingerprint density at radius 3 is 2.19 bits per heavy atom. The van der Waals surface area contributed by atoms with E-state index < -0.39 is 27.1 Å². The van der Waals surface area contributed by atoms with Crippen LogP contribution in [0.1, 0.15) is 5.82 Å². The van der Waals surface area contributed by atoms with Crippen molar-refractivity contribution in [2.45, 2.75) is 11.2 Å². The van der Waals surface area contributed by atoms with Gasteiger partial charge in [-0.15, -0.1) is 15.3 Å².